The van der Waals surface area contributed by atoms with E-state index in [-0.39, 0.29) is 12.6 Å². The molecule has 0 saturated carbocycles. The maximum atomic E-state index is 11.7. The molecule has 6 nitrogen and oxygen atoms in total. The number of carbonyl (C=O) groups is 1. The molecule has 0 atom stereocenters. The SMILES string of the molecule is Cc1ccc(C(=O)N/N=C\c2cc3c(cc2Br)OCO3)o1. The van der Waals surface area contributed by atoms with Gasteiger partial charge in [-0.25, -0.2) is 5.43 Å². The molecular formula is C14H11BrN2O4. The Labute approximate surface area is 128 Å². The van der Waals surface area contributed by atoms with Crippen molar-refractivity contribution in [1.82, 2.24) is 5.43 Å². The Kier molecular flexibility index (Phi) is 3.66. The molecule has 0 bridgehead atoms. The quantitative estimate of drug-likeness (QED) is 0.682. The third kappa shape index (κ3) is 2.92. The molecule has 108 valence electrons. The number of fused-ring (bicyclic) bond motifs is 1. The summed E-state index contributed by atoms with van der Waals surface area (Å²) in [4.78, 5) is 11.7. The van der Waals surface area contributed by atoms with Gasteiger partial charge in [0.1, 0.15) is 5.76 Å². The fraction of sp³-hybridized carbons (Fsp3) is 0.143. The summed E-state index contributed by atoms with van der Waals surface area (Å²) in [5, 5.41) is 3.90. The van der Waals surface area contributed by atoms with Gasteiger partial charge < -0.3 is 13.9 Å². The first kappa shape index (κ1) is 13.7. The molecule has 1 aliphatic rings. The number of amides is 1. The number of nitrogens with one attached hydrogen (secondary N) is 1. The minimum Gasteiger partial charge on any atom is -0.456 e. The van der Waals surface area contributed by atoms with Gasteiger partial charge >= 0.3 is 5.91 Å². The third-order valence-electron chi connectivity index (χ3n) is 2.83. The second-order valence-electron chi connectivity index (χ2n) is 4.34. The fourth-order valence-electron chi connectivity index (χ4n) is 1.80. The highest BCUT2D eigenvalue weighted by molar-refractivity contribution is 9.10. The van der Waals surface area contributed by atoms with E-state index in [1.54, 1.807) is 31.2 Å². The number of halogens is 1. The molecule has 7 heteroatoms. The molecule has 1 aromatic heterocycles. The molecule has 1 aromatic carbocycles. The van der Waals surface area contributed by atoms with E-state index in [9.17, 15) is 4.79 Å². The Morgan fingerprint density at radius 2 is 2.10 bits per heavy atom. The summed E-state index contributed by atoms with van der Waals surface area (Å²) in [5.41, 5.74) is 3.16. The fourth-order valence-corrected chi connectivity index (χ4v) is 2.23. The van der Waals surface area contributed by atoms with E-state index in [2.05, 4.69) is 26.5 Å². The van der Waals surface area contributed by atoms with Crippen molar-refractivity contribution in [2.75, 3.05) is 6.79 Å². The number of rotatable bonds is 3. The lowest BCUT2D eigenvalue weighted by Crippen LogP contribution is -2.16. The number of benzene rings is 1. The topological polar surface area (TPSA) is 73.1 Å². The number of carbonyl (C=O) groups excluding carboxylic acids is 1. The highest BCUT2D eigenvalue weighted by atomic mass is 79.9. The minimum absolute atomic E-state index is 0.205. The molecule has 0 fully saturated rings. The van der Waals surface area contributed by atoms with Crippen LogP contribution < -0.4 is 14.9 Å². The van der Waals surface area contributed by atoms with E-state index in [4.69, 9.17) is 13.9 Å². The van der Waals surface area contributed by atoms with Gasteiger partial charge in [-0.2, -0.15) is 5.10 Å². The van der Waals surface area contributed by atoms with Gasteiger partial charge in [0.2, 0.25) is 6.79 Å². The van der Waals surface area contributed by atoms with Crippen molar-refractivity contribution in [2.24, 2.45) is 5.10 Å². The zero-order valence-electron chi connectivity index (χ0n) is 11.1. The molecule has 0 aliphatic carbocycles. The highest BCUT2D eigenvalue weighted by Gasteiger charge is 2.15. The van der Waals surface area contributed by atoms with E-state index in [1.165, 1.54) is 6.21 Å². The lowest BCUT2D eigenvalue weighted by Gasteiger charge is -2.01. The number of hydrazone groups is 1. The summed E-state index contributed by atoms with van der Waals surface area (Å²) in [5.74, 6) is 1.80. The second kappa shape index (κ2) is 5.61. The maximum absolute atomic E-state index is 11.7. The Balaban J connectivity index is 1.70. The van der Waals surface area contributed by atoms with Gasteiger partial charge in [0.25, 0.3) is 0 Å². The minimum atomic E-state index is -0.406. The largest absolute Gasteiger partial charge is 0.456 e. The number of furan rings is 1. The zero-order valence-corrected chi connectivity index (χ0v) is 12.6. The van der Waals surface area contributed by atoms with Crippen LogP contribution in [0.15, 0.2) is 38.3 Å². The number of aryl methyl sites for hydroxylation is 1. The zero-order chi connectivity index (χ0) is 14.8. The molecule has 0 spiro atoms. The van der Waals surface area contributed by atoms with Crippen molar-refractivity contribution in [3.8, 4) is 11.5 Å². The maximum Gasteiger partial charge on any atom is 0.307 e. The van der Waals surface area contributed by atoms with Crippen LogP contribution in [0.5, 0.6) is 11.5 Å². The Morgan fingerprint density at radius 3 is 2.81 bits per heavy atom. The third-order valence-corrected chi connectivity index (χ3v) is 3.51. The van der Waals surface area contributed by atoms with Crippen LogP contribution in [0.3, 0.4) is 0 Å². The molecule has 3 rings (SSSR count). The second-order valence-corrected chi connectivity index (χ2v) is 5.19. The van der Waals surface area contributed by atoms with Crippen LogP contribution in [0.1, 0.15) is 21.9 Å². The molecule has 2 aromatic rings. The van der Waals surface area contributed by atoms with Crippen LogP contribution in [0, 0.1) is 6.92 Å². The molecule has 1 amide bonds. The number of hydrogen-bond acceptors (Lipinski definition) is 5. The van der Waals surface area contributed by atoms with Crippen LogP contribution in [0.25, 0.3) is 0 Å². The van der Waals surface area contributed by atoms with E-state index in [0.29, 0.717) is 17.3 Å². The van der Waals surface area contributed by atoms with Crippen molar-refractivity contribution in [2.45, 2.75) is 6.92 Å². The number of nitrogens with zero attached hydrogens (tertiary/aromatic N) is 1. The van der Waals surface area contributed by atoms with Crippen molar-refractivity contribution in [3.63, 3.8) is 0 Å². The first-order valence-corrected chi connectivity index (χ1v) is 6.92. The van der Waals surface area contributed by atoms with E-state index >= 15 is 0 Å². The van der Waals surface area contributed by atoms with Crippen molar-refractivity contribution < 1.29 is 18.7 Å². The van der Waals surface area contributed by atoms with Gasteiger partial charge in [0.05, 0.1) is 6.21 Å². The summed E-state index contributed by atoms with van der Waals surface area (Å²) in [6, 6.07) is 6.88. The van der Waals surface area contributed by atoms with Crippen LogP contribution in [-0.2, 0) is 0 Å². The van der Waals surface area contributed by atoms with Crippen molar-refractivity contribution in [3.05, 3.63) is 45.8 Å². The van der Waals surface area contributed by atoms with Gasteiger partial charge in [-0.05, 0) is 47.1 Å². The van der Waals surface area contributed by atoms with Gasteiger partial charge in [-0.1, -0.05) is 0 Å². The summed E-state index contributed by atoms with van der Waals surface area (Å²) in [6.07, 6.45) is 1.51. The lowest BCUT2D eigenvalue weighted by atomic mass is 10.2. The van der Waals surface area contributed by atoms with Crippen LogP contribution in [-0.4, -0.2) is 18.9 Å². The Bertz CT molecular complexity index is 724. The highest BCUT2D eigenvalue weighted by Crippen LogP contribution is 2.36. The van der Waals surface area contributed by atoms with Crippen molar-refractivity contribution >= 4 is 28.1 Å². The van der Waals surface area contributed by atoms with Gasteiger partial charge in [-0.15, -0.1) is 0 Å². The molecule has 1 aliphatic heterocycles. The molecule has 0 radical (unpaired) electrons. The average Bonchev–Trinajstić information content (AvgIpc) is 3.07. The molecule has 1 N–H and O–H groups in total. The van der Waals surface area contributed by atoms with Gasteiger partial charge in [0, 0.05) is 10.0 Å². The average molecular weight is 351 g/mol. The summed E-state index contributed by atoms with van der Waals surface area (Å²) >= 11 is 3.41. The van der Waals surface area contributed by atoms with Gasteiger partial charge in [0.15, 0.2) is 17.3 Å². The first-order valence-electron chi connectivity index (χ1n) is 6.12. The Morgan fingerprint density at radius 1 is 1.33 bits per heavy atom. The van der Waals surface area contributed by atoms with Gasteiger partial charge in [-0.3, -0.25) is 4.79 Å². The monoisotopic (exact) mass is 350 g/mol. The summed E-state index contributed by atoms with van der Waals surface area (Å²) in [6.45, 7) is 1.97. The Hall–Kier alpha value is -2.28. The van der Waals surface area contributed by atoms with Crippen LogP contribution in [0.2, 0.25) is 0 Å². The molecular weight excluding hydrogens is 340 g/mol. The van der Waals surface area contributed by atoms with E-state index < -0.39 is 5.91 Å². The summed E-state index contributed by atoms with van der Waals surface area (Å²) in [7, 11) is 0. The predicted molar refractivity (Wildman–Crippen MR) is 78.8 cm³/mol. The number of ether oxygens (including phenoxy) is 2. The van der Waals surface area contributed by atoms with E-state index in [1.807, 2.05) is 0 Å². The smallest absolute Gasteiger partial charge is 0.307 e. The molecule has 0 saturated heterocycles. The predicted octanol–water partition coefficient (Wildman–Crippen LogP) is 2.84. The summed E-state index contributed by atoms with van der Waals surface area (Å²) < 4.78 is 16.5. The standard InChI is InChI=1S/C14H11BrN2O4/c1-8-2-3-11(21-8)14(18)17-16-6-9-4-12-13(5-10(9)15)20-7-19-12/h2-6H,7H2,1H3,(H,17,18)/b16-6-. The lowest BCUT2D eigenvalue weighted by molar-refractivity contribution is 0.0926. The molecule has 0 unspecified atom stereocenters. The number of hydrogen-bond donors (Lipinski definition) is 1. The van der Waals surface area contributed by atoms with E-state index in [0.717, 1.165) is 10.0 Å². The van der Waals surface area contributed by atoms with Crippen molar-refractivity contribution in [1.29, 1.82) is 0 Å². The normalized spacial score (nSPS) is 12.9. The first-order chi connectivity index (χ1) is 10.1. The van der Waals surface area contributed by atoms with Crippen LogP contribution in [0.4, 0.5) is 0 Å². The molecule has 2 heterocycles. The van der Waals surface area contributed by atoms with Crippen LogP contribution >= 0.6 is 15.9 Å². The molecule has 21 heavy (non-hydrogen) atoms.